The molecule has 1 fully saturated rings. The number of nitrogens with zero attached hydrogens (tertiary/aromatic N) is 1. The van der Waals surface area contributed by atoms with E-state index in [0.717, 1.165) is 32.1 Å². The van der Waals surface area contributed by atoms with Gasteiger partial charge in [-0.2, -0.15) is 0 Å². The molecule has 1 rings (SSSR count). The number of carbonyl (C=O) groups is 1. The quantitative estimate of drug-likeness (QED) is 0.724. The summed E-state index contributed by atoms with van der Waals surface area (Å²) < 4.78 is 0. The van der Waals surface area contributed by atoms with Gasteiger partial charge >= 0.3 is 0 Å². The van der Waals surface area contributed by atoms with Crippen LogP contribution in [0.4, 0.5) is 0 Å². The van der Waals surface area contributed by atoms with Gasteiger partial charge in [0.15, 0.2) is 0 Å². The number of carbonyl (C=O) groups excluding carboxylic acids is 1. The summed E-state index contributed by atoms with van der Waals surface area (Å²) in [5.41, 5.74) is 0. The van der Waals surface area contributed by atoms with Gasteiger partial charge in [-0.25, -0.2) is 0 Å². The largest absolute Gasteiger partial charge is 0.359 e. The summed E-state index contributed by atoms with van der Waals surface area (Å²) in [6.45, 7) is 8.69. The van der Waals surface area contributed by atoms with Crippen LogP contribution < -0.4 is 10.6 Å². The first kappa shape index (κ1) is 14.5. The summed E-state index contributed by atoms with van der Waals surface area (Å²) in [6.07, 6.45) is 3.21. The van der Waals surface area contributed by atoms with Crippen LogP contribution in [0.15, 0.2) is 0 Å². The highest BCUT2D eigenvalue weighted by atomic mass is 16.1. The number of piperidine rings is 1. The van der Waals surface area contributed by atoms with E-state index >= 15 is 0 Å². The van der Waals surface area contributed by atoms with Gasteiger partial charge in [0.25, 0.3) is 0 Å². The molecule has 1 atom stereocenters. The zero-order valence-corrected chi connectivity index (χ0v) is 11.5. The Labute approximate surface area is 105 Å². The van der Waals surface area contributed by atoms with E-state index in [1.54, 1.807) is 7.05 Å². The van der Waals surface area contributed by atoms with Crippen LogP contribution in [0.2, 0.25) is 0 Å². The molecule has 17 heavy (non-hydrogen) atoms. The fraction of sp³-hybridized carbons (Fsp3) is 0.923. The van der Waals surface area contributed by atoms with E-state index in [9.17, 15) is 4.79 Å². The molecule has 1 aliphatic rings. The lowest BCUT2D eigenvalue weighted by Crippen LogP contribution is -2.42. The lowest BCUT2D eigenvalue weighted by atomic mass is 9.98. The molecule has 0 aliphatic carbocycles. The summed E-state index contributed by atoms with van der Waals surface area (Å²) in [5.74, 6) is 0.883. The minimum absolute atomic E-state index is 0.136. The maximum absolute atomic E-state index is 11.3. The molecule has 1 aliphatic heterocycles. The molecular weight excluding hydrogens is 214 g/mol. The molecule has 0 aromatic carbocycles. The number of amides is 1. The third kappa shape index (κ3) is 5.50. The van der Waals surface area contributed by atoms with Crippen molar-refractivity contribution < 1.29 is 4.79 Å². The van der Waals surface area contributed by atoms with Crippen LogP contribution in [0.5, 0.6) is 0 Å². The van der Waals surface area contributed by atoms with Crippen LogP contribution in [0.25, 0.3) is 0 Å². The Morgan fingerprint density at radius 2 is 2.29 bits per heavy atom. The molecule has 1 heterocycles. The Morgan fingerprint density at radius 1 is 1.53 bits per heavy atom. The SMILES string of the molecule is CNC(=O)CCN(CC1CCCNC1)C(C)C. The number of hydrogen-bond donors (Lipinski definition) is 2. The third-order valence-corrected chi connectivity index (χ3v) is 3.53. The summed E-state index contributed by atoms with van der Waals surface area (Å²) in [4.78, 5) is 13.7. The van der Waals surface area contributed by atoms with Crippen LogP contribution in [-0.2, 0) is 4.79 Å². The molecule has 100 valence electrons. The van der Waals surface area contributed by atoms with E-state index < -0.39 is 0 Å². The maximum Gasteiger partial charge on any atom is 0.221 e. The fourth-order valence-corrected chi connectivity index (χ4v) is 2.34. The molecule has 0 radical (unpaired) electrons. The van der Waals surface area contributed by atoms with Crippen molar-refractivity contribution in [1.82, 2.24) is 15.5 Å². The molecule has 0 bridgehead atoms. The average Bonchev–Trinajstić information content (AvgIpc) is 2.34. The lowest BCUT2D eigenvalue weighted by molar-refractivity contribution is -0.121. The first-order valence-electron chi connectivity index (χ1n) is 6.78. The smallest absolute Gasteiger partial charge is 0.221 e. The second kappa shape index (κ2) is 7.67. The van der Waals surface area contributed by atoms with E-state index in [0.29, 0.717) is 12.5 Å². The first-order chi connectivity index (χ1) is 8.13. The van der Waals surface area contributed by atoms with Crippen molar-refractivity contribution in [3.63, 3.8) is 0 Å². The van der Waals surface area contributed by atoms with E-state index in [1.807, 2.05) is 0 Å². The molecule has 2 N–H and O–H groups in total. The predicted octanol–water partition coefficient (Wildman–Crippen LogP) is 0.833. The van der Waals surface area contributed by atoms with Gasteiger partial charge in [-0.3, -0.25) is 4.79 Å². The van der Waals surface area contributed by atoms with Gasteiger partial charge in [-0.15, -0.1) is 0 Å². The highest BCUT2D eigenvalue weighted by Crippen LogP contribution is 2.13. The van der Waals surface area contributed by atoms with Crippen molar-refractivity contribution in [2.24, 2.45) is 5.92 Å². The van der Waals surface area contributed by atoms with Gasteiger partial charge in [-0.05, 0) is 45.7 Å². The third-order valence-electron chi connectivity index (χ3n) is 3.53. The van der Waals surface area contributed by atoms with Gasteiger partial charge in [-0.1, -0.05) is 0 Å². The zero-order valence-electron chi connectivity index (χ0n) is 11.5. The Balaban J connectivity index is 2.33. The number of rotatable bonds is 6. The van der Waals surface area contributed by atoms with E-state index in [2.05, 4.69) is 29.4 Å². The predicted molar refractivity (Wildman–Crippen MR) is 71.0 cm³/mol. The molecule has 0 aromatic heterocycles. The fourth-order valence-electron chi connectivity index (χ4n) is 2.34. The summed E-state index contributed by atoms with van der Waals surface area (Å²) >= 11 is 0. The van der Waals surface area contributed by atoms with Crippen molar-refractivity contribution in [1.29, 1.82) is 0 Å². The van der Waals surface area contributed by atoms with E-state index in [4.69, 9.17) is 0 Å². The van der Waals surface area contributed by atoms with Crippen LogP contribution in [0, 0.1) is 5.92 Å². The molecule has 0 aromatic rings. The number of nitrogens with one attached hydrogen (secondary N) is 2. The normalized spacial score (nSPS) is 20.9. The Morgan fingerprint density at radius 3 is 2.82 bits per heavy atom. The summed E-state index contributed by atoms with van der Waals surface area (Å²) in [5, 5.41) is 6.13. The van der Waals surface area contributed by atoms with Crippen molar-refractivity contribution in [2.45, 2.75) is 39.2 Å². The van der Waals surface area contributed by atoms with Gasteiger partial charge in [0, 0.05) is 32.6 Å². The minimum atomic E-state index is 0.136. The summed E-state index contributed by atoms with van der Waals surface area (Å²) in [7, 11) is 1.70. The van der Waals surface area contributed by atoms with E-state index in [1.165, 1.54) is 12.8 Å². The first-order valence-corrected chi connectivity index (χ1v) is 6.78. The summed E-state index contributed by atoms with van der Waals surface area (Å²) in [6, 6.07) is 0.515. The molecular formula is C13H27N3O. The highest BCUT2D eigenvalue weighted by Gasteiger charge is 2.19. The van der Waals surface area contributed by atoms with Gasteiger partial charge in [0.1, 0.15) is 0 Å². The molecule has 4 nitrogen and oxygen atoms in total. The van der Waals surface area contributed by atoms with Crippen LogP contribution >= 0.6 is 0 Å². The van der Waals surface area contributed by atoms with Crippen LogP contribution in [0.3, 0.4) is 0 Å². The van der Waals surface area contributed by atoms with Crippen molar-refractivity contribution in [3.8, 4) is 0 Å². The van der Waals surface area contributed by atoms with Gasteiger partial charge in [0.2, 0.25) is 5.91 Å². The highest BCUT2D eigenvalue weighted by molar-refractivity contribution is 5.75. The van der Waals surface area contributed by atoms with Crippen LogP contribution in [-0.4, -0.2) is 50.1 Å². The molecule has 0 saturated carbocycles. The van der Waals surface area contributed by atoms with E-state index in [-0.39, 0.29) is 5.91 Å². The topological polar surface area (TPSA) is 44.4 Å². The Hall–Kier alpha value is -0.610. The Kier molecular flexibility index (Phi) is 6.52. The molecule has 1 amide bonds. The zero-order chi connectivity index (χ0) is 12.7. The lowest BCUT2D eigenvalue weighted by Gasteiger charge is -2.32. The molecule has 1 saturated heterocycles. The number of hydrogen-bond acceptors (Lipinski definition) is 3. The minimum Gasteiger partial charge on any atom is -0.359 e. The van der Waals surface area contributed by atoms with Crippen molar-refractivity contribution in [2.75, 3.05) is 33.2 Å². The molecule has 4 heteroatoms. The Bertz CT molecular complexity index is 225. The molecule has 1 unspecified atom stereocenters. The molecule has 0 spiro atoms. The maximum atomic E-state index is 11.3. The second-order valence-corrected chi connectivity index (χ2v) is 5.22. The van der Waals surface area contributed by atoms with Crippen molar-refractivity contribution in [3.05, 3.63) is 0 Å². The van der Waals surface area contributed by atoms with Gasteiger partial charge in [0.05, 0.1) is 0 Å². The standard InChI is InChI=1S/C13H27N3O/c1-11(2)16(8-6-13(17)14-3)10-12-5-4-7-15-9-12/h11-12,15H,4-10H2,1-3H3,(H,14,17). The van der Waals surface area contributed by atoms with Gasteiger partial charge < -0.3 is 15.5 Å². The average molecular weight is 241 g/mol. The second-order valence-electron chi connectivity index (χ2n) is 5.22. The monoisotopic (exact) mass is 241 g/mol. The van der Waals surface area contributed by atoms with Crippen LogP contribution in [0.1, 0.15) is 33.1 Å². The van der Waals surface area contributed by atoms with Crippen molar-refractivity contribution >= 4 is 5.91 Å².